The van der Waals surface area contributed by atoms with Gasteiger partial charge >= 0.3 is 5.97 Å². The number of carboxylic acids is 1. The number of pyridine rings is 1. The molecule has 0 aliphatic carbocycles. The Labute approximate surface area is 125 Å². The first-order chi connectivity index (χ1) is 9.32. The molecule has 104 valence electrons. The van der Waals surface area contributed by atoms with Gasteiger partial charge in [0.25, 0.3) is 5.56 Å². The second-order valence-corrected chi connectivity index (χ2v) is 5.18. The minimum atomic E-state index is -1.08. The summed E-state index contributed by atoms with van der Waals surface area (Å²) in [4.78, 5) is 23.4. The van der Waals surface area contributed by atoms with E-state index in [4.69, 9.17) is 23.2 Å². The summed E-state index contributed by atoms with van der Waals surface area (Å²) in [5, 5.41) is 9.91. The first-order valence-electron chi connectivity index (χ1n) is 5.75. The fraction of sp³-hybridized carbons (Fsp3) is 0.143. The van der Waals surface area contributed by atoms with Crippen LogP contribution in [0.25, 0.3) is 5.69 Å². The molecule has 0 saturated heterocycles. The van der Waals surface area contributed by atoms with Crippen molar-refractivity contribution in [1.29, 1.82) is 0 Å². The van der Waals surface area contributed by atoms with Crippen LogP contribution in [0.4, 0.5) is 0 Å². The van der Waals surface area contributed by atoms with Gasteiger partial charge in [-0.15, -0.1) is 0 Å². The highest BCUT2D eigenvalue weighted by Gasteiger charge is 2.17. The van der Waals surface area contributed by atoms with Gasteiger partial charge in [-0.25, -0.2) is 4.79 Å². The van der Waals surface area contributed by atoms with Crippen molar-refractivity contribution in [1.82, 2.24) is 4.57 Å². The highest BCUT2D eigenvalue weighted by atomic mass is 35.5. The van der Waals surface area contributed by atoms with Crippen molar-refractivity contribution in [3.05, 3.63) is 61.5 Å². The molecule has 2 rings (SSSR count). The molecule has 1 aromatic carbocycles. The predicted octanol–water partition coefficient (Wildman–Crippen LogP) is 3.46. The first-order valence-corrected chi connectivity index (χ1v) is 6.50. The van der Waals surface area contributed by atoms with Crippen molar-refractivity contribution in [2.45, 2.75) is 13.8 Å². The van der Waals surface area contributed by atoms with Gasteiger partial charge in [0.15, 0.2) is 0 Å². The third-order valence-corrected chi connectivity index (χ3v) is 3.77. The van der Waals surface area contributed by atoms with E-state index in [9.17, 15) is 14.7 Å². The molecule has 0 spiro atoms. The zero-order valence-corrected chi connectivity index (χ0v) is 12.3. The number of hydrogen-bond donors (Lipinski definition) is 1. The monoisotopic (exact) mass is 311 g/mol. The van der Waals surface area contributed by atoms with E-state index in [2.05, 4.69) is 0 Å². The molecule has 0 amide bonds. The van der Waals surface area contributed by atoms with Gasteiger partial charge in [0.1, 0.15) is 0 Å². The largest absolute Gasteiger partial charge is 0.478 e. The summed E-state index contributed by atoms with van der Waals surface area (Å²) in [6.45, 7) is 3.18. The number of hydrogen-bond acceptors (Lipinski definition) is 2. The summed E-state index contributed by atoms with van der Waals surface area (Å²) in [5.74, 6) is -1.08. The van der Waals surface area contributed by atoms with Crippen LogP contribution in [0.15, 0.2) is 29.1 Å². The van der Waals surface area contributed by atoms with E-state index >= 15 is 0 Å². The van der Waals surface area contributed by atoms with Crippen molar-refractivity contribution >= 4 is 29.2 Å². The number of halogens is 2. The summed E-state index contributed by atoms with van der Waals surface area (Å²) >= 11 is 11.8. The summed E-state index contributed by atoms with van der Waals surface area (Å²) in [6, 6.07) is 5.99. The number of carbonyl (C=O) groups is 1. The maximum absolute atomic E-state index is 12.1. The molecule has 0 bridgehead atoms. The van der Waals surface area contributed by atoms with Crippen LogP contribution in [-0.2, 0) is 0 Å². The predicted molar refractivity (Wildman–Crippen MR) is 78.5 cm³/mol. The molecule has 1 heterocycles. The number of aromatic carboxylic acids is 1. The van der Waals surface area contributed by atoms with Crippen LogP contribution in [0, 0.1) is 13.8 Å². The standard InChI is InChI=1S/C14H11Cl2NO3/c1-7-5-12(18)17(8(2)13(7)14(19)20)9-3-4-10(15)11(16)6-9/h3-6H,1-2H3,(H,19,20). The van der Waals surface area contributed by atoms with Crippen LogP contribution in [-0.4, -0.2) is 15.6 Å². The van der Waals surface area contributed by atoms with E-state index in [0.29, 0.717) is 27.0 Å². The van der Waals surface area contributed by atoms with Gasteiger partial charge in [0.05, 0.1) is 21.3 Å². The van der Waals surface area contributed by atoms with Crippen LogP contribution in [0.1, 0.15) is 21.6 Å². The maximum atomic E-state index is 12.1. The number of nitrogens with zero attached hydrogens (tertiary/aromatic N) is 1. The summed E-state index contributed by atoms with van der Waals surface area (Å²) in [7, 11) is 0. The molecule has 0 fully saturated rings. The SMILES string of the molecule is Cc1cc(=O)n(-c2ccc(Cl)c(Cl)c2)c(C)c1C(=O)O. The number of benzene rings is 1. The molecular weight excluding hydrogens is 301 g/mol. The van der Waals surface area contributed by atoms with Crippen LogP contribution >= 0.6 is 23.2 Å². The van der Waals surface area contributed by atoms with Gasteiger partial charge in [-0.05, 0) is 37.6 Å². The lowest BCUT2D eigenvalue weighted by molar-refractivity contribution is 0.0694. The zero-order valence-electron chi connectivity index (χ0n) is 10.8. The summed E-state index contributed by atoms with van der Waals surface area (Å²) in [6.07, 6.45) is 0. The van der Waals surface area contributed by atoms with Gasteiger partial charge in [0, 0.05) is 11.8 Å². The van der Waals surface area contributed by atoms with Crippen LogP contribution in [0.2, 0.25) is 10.0 Å². The van der Waals surface area contributed by atoms with E-state index in [0.717, 1.165) is 0 Å². The van der Waals surface area contributed by atoms with Crippen molar-refractivity contribution in [2.75, 3.05) is 0 Å². The lowest BCUT2D eigenvalue weighted by Gasteiger charge is -2.14. The number of aromatic nitrogens is 1. The van der Waals surface area contributed by atoms with Gasteiger partial charge < -0.3 is 5.11 Å². The molecule has 1 aromatic heterocycles. The number of aryl methyl sites for hydroxylation is 1. The Morgan fingerprint density at radius 1 is 1.15 bits per heavy atom. The summed E-state index contributed by atoms with van der Waals surface area (Å²) in [5.41, 5.74) is 1.04. The maximum Gasteiger partial charge on any atom is 0.337 e. The molecule has 0 unspecified atom stereocenters. The molecule has 1 N–H and O–H groups in total. The van der Waals surface area contributed by atoms with E-state index in [1.54, 1.807) is 26.0 Å². The second kappa shape index (κ2) is 5.31. The third kappa shape index (κ3) is 2.44. The van der Waals surface area contributed by atoms with Crippen molar-refractivity contribution in [3.63, 3.8) is 0 Å². The molecule has 4 nitrogen and oxygen atoms in total. The van der Waals surface area contributed by atoms with Crippen LogP contribution < -0.4 is 5.56 Å². The minimum absolute atomic E-state index is 0.107. The Hall–Kier alpha value is -1.78. The van der Waals surface area contributed by atoms with E-state index in [1.807, 2.05) is 0 Å². The van der Waals surface area contributed by atoms with E-state index < -0.39 is 5.97 Å². The Morgan fingerprint density at radius 3 is 2.35 bits per heavy atom. The molecule has 0 aliphatic heterocycles. The minimum Gasteiger partial charge on any atom is -0.478 e. The molecule has 0 atom stereocenters. The Bertz CT molecular complexity index is 766. The fourth-order valence-corrected chi connectivity index (χ4v) is 2.45. The van der Waals surface area contributed by atoms with Gasteiger partial charge in [-0.3, -0.25) is 9.36 Å². The topological polar surface area (TPSA) is 59.3 Å². The van der Waals surface area contributed by atoms with E-state index in [-0.39, 0.29) is 11.1 Å². The first kappa shape index (κ1) is 14.6. The Kier molecular flexibility index (Phi) is 3.88. The van der Waals surface area contributed by atoms with Crippen LogP contribution in [0.3, 0.4) is 0 Å². The van der Waals surface area contributed by atoms with Crippen molar-refractivity contribution in [3.8, 4) is 5.69 Å². The molecule has 6 heteroatoms. The molecule has 0 radical (unpaired) electrons. The molecule has 0 saturated carbocycles. The van der Waals surface area contributed by atoms with Gasteiger partial charge in [0.2, 0.25) is 0 Å². The van der Waals surface area contributed by atoms with Crippen molar-refractivity contribution in [2.24, 2.45) is 0 Å². The smallest absolute Gasteiger partial charge is 0.337 e. The number of rotatable bonds is 2. The number of carboxylic acid groups (broad SMARTS) is 1. The average molecular weight is 312 g/mol. The fourth-order valence-electron chi connectivity index (χ4n) is 2.15. The highest BCUT2D eigenvalue weighted by molar-refractivity contribution is 6.42. The van der Waals surface area contributed by atoms with Gasteiger partial charge in [-0.1, -0.05) is 23.2 Å². The quantitative estimate of drug-likeness (QED) is 0.924. The lowest BCUT2D eigenvalue weighted by atomic mass is 10.1. The van der Waals surface area contributed by atoms with E-state index in [1.165, 1.54) is 16.7 Å². The molecule has 0 aliphatic rings. The third-order valence-electron chi connectivity index (χ3n) is 3.03. The highest BCUT2D eigenvalue weighted by Crippen LogP contribution is 2.25. The Balaban J connectivity index is 2.80. The average Bonchev–Trinajstić information content (AvgIpc) is 2.32. The molecule has 2 aromatic rings. The van der Waals surface area contributed by atoms with Gasteiger partial charge in [-0.2, -0.15) is 0 Å². The molecular formula is C14H11Cl2NO3. The second-order valence-electron chi connectivity index (χ2n) is 4.36. The lowest BCUT2D eigenvalue weighted by Crippen LogP contribution is -2.24. The zero-order chi connectivity index (χ0) is 15.0. The normalized spacial score (nSPS) is 10.6. The molecule has 20 heavy (non-hydrogen) atoms. The van der Waals surface area contributed by atoms with Crippen LogP contribution in [0.5, 0.6) is 0 Å². The Morgan fingerprint density at radius 2 is 1.80 bits per heavy atom. The summed E-state index contributed by atoms with van der Waals surface area (Å²) < 4.78 is 1.30. The van der Waals surface area contributed by atoms with Crippen molar-refractivity contribution < 1.29 is 9.90 Å².